The van der Waals surface area contributed by atoms with E-state index in [1.54, 1.807) is 12.1 Å². The number of hydrogen-bond acceptors (Lipinski definition) is 4. The topological polar surface area (TPSA) is 75.5 Å². The van der Waals surface area contributed by atoms with Crippen LogP contribution in [0, 0.1) is 10.1 Å². The van der Waals surface area contributed by atoms with Crippen molar-refractivity contribution in [3.05, 3.63) is 69.8 Å². The van der Waals surface area contributed by atoms with Crippen molar-refractivity contribution < 1.29 is 9.72 Å². The first-order valence-electron chi connectivity index (χ1n) is 7.97. The highest BCUT2D eigenvalue weighted by Gasteiger charge is 2.21. The van der Waals surface area contributed by atoms with E-state index >= 15 is 0 Å². The van der Waals surface area contributed by atoms with E-state index in [9.17, 15) is 14.9 Å². The molecule has 2 aromatic rings. The molecule has 1 N–H and O–H groups in total. The molecule has 1 heterocycles. The number of fused-ring (bicyclic) bond motifs is 1. The Hall–Kier alpha value is -2.73. The van der Waals surface area contributed by atoms with Gasteiger partial charge in [-0.3, -0.25) is 14.9 Å². The number of nitrogens with zero attached hydrogens (tertiary/aromatic N) is 2. The molecule has 6 heteroatoms. The highest BCUT2D eigenvalue weighted by molar-refractivity contribution is 5.95. The molecule has 1 aliphatic heterocycles. The summed E-state index contributed by atoms with van der Waals surface area (Å²) in [6.45, 7) is 1.36. The molecule has 1 aliphatic rings. The Bertz CT molecular complexity index is 761. The van der Waals surface area contributed by atoms with Crippen LogP contribution < -0.4 is 10.2 Å². The summed E-state index contributed by atoms with van der Waals surface area (Å²) in [6, 6.07) is 14.4. The summed E-state index contributed by atoms with van der Waals surface area (Å²) in [4.78, 5) is 24.7. The van der Waals surface area contributed by atoms with Crippen molar-refractivity contribution in [3.8, 4) is 0 Å². The summed E-state index contributed by atoms with van der Waals surface area (Å²) in [7, 11) is 0. The Kier molecular flexibility index (Phi) is 4.86. The Labute approximate surface area is 140 Å². The molecule has 6 nitrogen and oxygen atoms in total. The van der Waals surface area contributed by atoms with Crippen molar-refractivity contribution in [1.82, 2.24) is 5.32 Å². The molecule has 124 valence electrons. The number of anilines is 1. The second-order valence-electron chi connectivity index (χ2n) is 5.81. The smallest absolute Gasteiger partial charge is 0.269 e. The average Bonchev–Trinajstić information content (AvgIpc) is 2.61. The molecular weight excluding hydrogens is 306 g/mol. The number of nitro groups is 1. The largest absolute Gasteiger partial charge is 0.311 e. The normalized spacial score (nSPS) is 13.4. The highest BCUT2D eigenvalue weighted by Crippen LogP contribution is 2.26. The minimum Gasteiger partial charge on any atom is -0.311 e. The molecule has 0 unspecified atom stereocenters. The first-order chi connectivity index (χ1) is 11.6. The molecule has 2 aromatic carbocycles. The molecule has 1 amide bonds. The summed E-state index contributed by atoms with van der Waals surface area (Å²) >= 11 is 0. The van der Waals surface area contributed by atoms with Gasteiger partial charge in [0.05, 0.1) is 11.5 Å². The minimum atomic E-state index is -0.417. The number of nitro benzene ring substituents is 1. The summed E-state index contributed by atoms with van der Waals surface area (Å²) in [6.07, 6.45) is 1.97. The second-order valence-corrected chi connectivity index (χ2v) is 5.81. The molecule has 0 fully saturated rings. The number of non-ortho nitro benzene ring substituents is 1. The van der Waals surface area contributed by atoms with Crippen LogP contribution >= 0.6 is 0 Å². The maximum absolute atomic E-state index is 12.5. The first kappa shape index (κ1) is 16.1. The standard InChI is InChI=1S/C18H19N3O3/c22-18(20-10-4-7-15-6-1-2-9-17(15)20)13-19-12-14-5-3-8-16(11-14)21(23)24/h1-3,5-6,8-9,11,19H,4,7,10,12-13H2. The molecule has 3 rings (SSSR count). The quantitative estimate of drug-likeness (QED) is 0.677. The number of aryl methyl sites for hydroxylation is 1. The van der Waals surface area contributed by atoms with Crippen LogP contribution in [0.3, 0.4) is 0 Å². The number of para-hydroxylation sites is 1. The Morgan fingerprint density at radius 3 is 2.88 bits per heavy atom. The van der Waals surface area contributed by atoms with E-state index in [4.69, 9.17) is 0 Å². The maximum atomic E-state index is 12.5. The Balaban J connectivity index is 1.59. The highest BCUT2D eigenvalue weighted by atomic mass is 16.6. The van der Waals surface area contributed by atoms with Gasteiger partial charge in [0.15, 0.2) is 0 Å². The average molecular weight is 325 g/mol. The number of benzene rings is 2. The van der Waals surface area contributed by atoms with Crippen molar-refractivity contribution in [1.29, 1.82) is 0 Å². The molecule has 0 saturated heterocycles. The van der Waals surface area contributed by atoms with Gasteiger partial charge in [-0.15, -0.1) is 0 Å². The van der Waals surface area contributed by atoms with Crippen molar-refractivity contribution in [2.75, 3.05) is 18.0 Å². The lowest BCUT2D eigenvalue weighted by Crippen LogP contribution is -2.41. The molecule has 24 heavy (non-hydrogen) atoms. The molecule has 0 saturated carbocycles. The van der Waals surface area contributed by atoms with Gasteiger partial charge < -0.3 is 10.2 Å². The third kappa shape index (κ3) is 3.60. The number of amides is 1. The fourth-order valence-corrected chi connectivity index (χ4v) is 2.98. The zero-order chi connectivity index (χ0) is 16.9. The number of nitrogens with one attached hydrogen (secondary N) is 1. The van der Waals surface area contributed by atoms with Crippen LogP contribution in [0.1, 0.15) is 17.5 Å². The van der Waals surface area contributed by atoms with Gasteiger partial charge in [-0.05, 0) is 30.0 Å². The lowest BCUT2D eigenvalue weighted by atomic mass is 10.0. The van der Waals surface area contributed by atoms with Gasteiger partial charge in [0.2, 0.25) is 5.91 Å². The van der Waals surface area contributed by atoms with E-state index in [-0.39, 0.29) is 18.1 Å². The molecular formula is C18H19N3O3. The fourth-order valence-electron chi connectivity index (χ4n) is 2.98. The predicted molar refractivity (Wildman–Crippen MR) is 91.9 cm³/mol. The van der Waals surface area contributed by atoms with Crippen LogP contribution in [-0.4, -0.2) is 23.9 Å². The predicted octanol–water partition coefficient (Wildman–Crippen LogP) is 2.66. The monoisotopic (exact) mass is 325 g/mol. The molecule has 0 bridgehead atoms. The van der Waals surface area contributed by atoms with Gasteiger partial charge in [-0.2, -0.15) is 0 Å². The summed E-state index contributed by atoms with van der Waals surface area (Å²) in [5.41, 5.74) is 3.04. The van der Waals surface area contributed by atoms with Crippen molar-refractivity contribution in [2.45, 2.75) is 19.4 Å². The number of hydrogen-bond donors (Lipinski definition) is 1. The van der Waals surface area contributed by atoms with Crippen LogP contribution in [-0.2, 0) is 17.8 Å². The van der Waals surface area contributed by atoms with E-state index in [0.717, 1.165) is 30.6 Å². The van der Waals surface area contributed by atoms with Gasteiger partial charge in [0, 0.05) is 30.9 Å². The van der Waals surface area contributed by atoms with Crippen LogP contribution in [0.2, 0.25) is 0 Å². The lowest BCUT2D eigenvalue weighted by molar-refractivity contribution is -0.384. The van der Waals surface area contributed by atoms with E-state index in [1.165, 1.54) is 17.7 Å². The molecule has 0 aliphatic carbocycles. The van der Waals surface area contributed by atoms with E-state index in [0.29, 0.717) is 6.54 Å². The second kappa shape index (κ2) is 7.23. The third-order valence-electron chi connectivity index (χ3n) is 4.14. The molecule has 0 aromatic heterocycles. The minimum absolute atomic E-state index is 0.0209. The van der Waals surface area contributed by atoms with Gasteiger partial charge in [-0.1, -0.05) is 30.3 Å². The van der Waals surface area contributed by atoms with E-state index in [1.807, 2.05) is 23.1 Å². The van der Waals surface area contributed by atoms with Gasteiger partial charge in [0.1, 0.15) is 0 Å². The van der Waals surface area contributed by atoms with Crippen LogP contribution in [0.4, 0.5) is 11.4 Å². The lowest BCUT2D eigenvalue weighted by Gasteiger charge is -2.29. The van der Waals surface area contributed by atoms with Crippen LogP contribution in [0.25, 0.3) is 0 Å². The van der Waals surface area contributed by atoms with Crippen molar-refractivity contribution in [3.63, 3.8) is 0 Å². The molecule has 0 radical (unpaired) electrons. The van der Waals surface area contributed by atoms with Gasteiger partial charge in [-0.25, -0.2) is 0 Å². The van der Waals surface area contributed by atoms with E-state index < -0.39 is 4.92 Å². The number of rotatable bonds is 5. The Morgan fingerprint density at radius 1 is 1.21 bits per heavy atom. The third-order valence-corrected chi connectivity index (χ3v) is 4.14. The summed E-state index contributed by atoms with van der Waals surface area (Å²) in [5.74, 6) is 0.0209. The Morgan fingerprint density at radius 2 is 2.04 bits per heavy atom. The first-order valence-corrected chi connectivity index (χ1v) is 7.97. The number of carbonyl (C=O) groups excluding carboxylic acids is 1. The van der Waals surface area contributed by atoms with Crippen molar-refractivity contribution in [2.24, 2.45) is 0 Å². The van der Waals surface area contributed by atoms with Gasteiger partial charge >= 0.3 is 0 Å². The molecule has 0 spiro atoms. The summed E-state index contributed by atoms with van der Waals surface area (Å²) < 4.78 is 0. The molecule has 0 atom stereocenters. The van der Waals surface area contributed by atoms with Crippen LogP contribution in [0.15, 0.2) is 48.5 Å². The van der Waals surface area contributed by atoms with Crippen molar-refractivity contribution >= 4 is 17.3 Å². The fraction of sp³-hybridized carbons (Fsp3) is 0.278. The number of carbonyl (C=O) groups is 1. The maximum Gasteiger partial charge on any atom is 0.269 e. The zero-order valence-electron chi connectivity index (χ0n) is 13.3. The summed E-state index contributed by atoms with van der Waals surface area (Å²) in [5, 5.41) is 13.9. The zero-order valence-corrected chi connectivity index (χ0v) is 13.3. The van der Waals surface area contributed by atoms with Crippen LogP contribution in [0.5, 0.6) is 0 Å². The SMILES string of the molecule is O=C(CNCc1cccc([N+](=O)[O-])c1)N1CCCc2ccccc21. The van der Waals surface area contributed by atoms with E-state index in [2.05, 4.69) is 11.4 Å². The van der Waals surface area contributed by atoms with Gasteiger partial charge in [0.25, 0.3) is 5.69 Å².